The van der Waals surface area contributed by atoms with Crippen LogP contribution in [0.15, 0.2) is 0 Å². The Kier molecular flexibility index (Phi) is 37.9. The van der Waals surface area contributed by atoms with E-state index in [-0.39, 0.29) is 70.1 Å². The molecule has 14 unspecified atom stereocenters. The minimum atomic E-state index is -1.76. The molecule has 24 heteroatoms. The van der Waals surface area contributed by atoms with E-state index in [0.717, 1.165) is 12.2 Å². The van der Waals surface area contributed by atoms with Gasteiger partial charge in [-0.05, 0) is 57.6 Å². The Morgan fingerprint density at radius 2 is 1.36 bits per heavy atom. The molecule has 440 valence electrons. The lowest BCUT2D eigenvalue weighted by atomic mass is 9.83. The van der Waals surface area contributed by atoms with Gasteiger partial charge < -0.3 is 91.8 Å². The summed E-state index contributed by atoms with van der Waals surface area (Å²) in [6, 6.07) is 0. The van der Waals surface area contributed by atoms with Crippen molar-refractivity contribution in [2.24, 2.45) is 29.2 Å². The summed E-state index contributed by atoms with van der Waals surface area (Å²) in [6.45, 7) is 7.24. The molecule has 2 fully saturated rings. The summed E-state index contributed by atoms with van der Waals surface area (Å²) in [4.78, 5) is 52.3. The topological polar surface area (TPSA) is 345 Å². The van der Waals surface area contributed by atoms with Gasteiger partial charge in [0, 0.05) is 80.4 Å². The fraction of sp³-hybridized carbons (Fsp3) is 0.922. The van der Waals surface area contributed by atoms with Crippen molar-refractivity contribution in [1.29, 1.82) is 0 Å². The maximum Gasteiger partial charge on any atom is 0.317 e. The first-order valence-electron chi connectivity index (χ1n) is 27.5. The first-order valence-corrected chi connectivity index (χ1v) is 29.9. The largest absolute Gasteiger partial charge is 0.480 e. The molecule has 14 N–H and O–H groups in total. The average molecular weight is 1120 g/mol. The third kappa shape index (κ3) is 27.6. The normalized spacial score (nSPS) is 23.2. The molecule has 14 atom stereocenters. The predicted octanol–water partition coefficient (Wildman–Crippen LogP) is 0.839. The van der Waals surface area contributed by atoms with Gasteiger partial charge in [0.1, 0.15) is 36.6 Å². The molecule has 1 aliphatic carbocycles. The molecule has 2 aliphatic rings. The summed E-state index contributed by atoms with van der Waals surface area (Å²) in [5, 5.41) is 76.1. The van der Waals surface area contributed by atoms with E-state index in [1.54, 1.807) is 11.8 Å². The van der Waals surface area contributed by atoms with Gasteiger partial charge in [0.25, 0.3) is 0 Å². The summed E-state index contributed by atoms with van der Waals surface area (Å²) in [7, 11) is 0. The van der Waals surface area contributed by atoms with E-state index in [1.165, 1.54) is 38.5 Å². The number of aliphatic hydroxyl groups is 5. The highest BCUT2D eigenvalue weighted by molar-refractivity contribution is 7.99. The van der Waals surface area contributed by atoms with Gasteiger partial charge in [-0.25, -0.2) is 0 Å². The van der Waals surface area contributed by atoms with Crippen molar-refractivity contribution in [3.05, 3.63) is 0 Å². The first kappa shape index (κ1) is 69.1. The van der Waals surface area contributed by atoms with Crippen molar-refractivity contribution in [3.8, 4) is 0 Å². The molecule has 0 bridgehead atoms. The summed E-state index contributed by atoms with van der Waals surface area (Å²) in [6.07, 6.45) is -0.867. The fourth-order valence-electron chi connectivity index (χ4n) is 9.06. The van der Waals surface area contributed by atoms with Gasteiger partial charge in [-0.3, -0.25) is 19.2 Å². The van der Waals surface area contributed by atoms with Gasteiger partial charge in [0.15, 0.2) is 12.6 Å². The molecule has 0 aromatic rings. The number of carbonyl (C=O) groups excluding carboxylic acids is 3. The predicted molar refractivity (Wildman–Crippen MR) is 289 cm³/mol. The van der Waals surface area contributed by atoms with Crippen LogP contribution in [-0.2, 0) is 47.6 Å². The van der Waals surface area contributed by atoms with E-state index < -0.39 is 97.8 Å². The monoisotopic (exact) mass is 1110 g/mol. The number of nitrogens with two attached hydrogens (primary N) is 2. The van der Waals surface area contributed by atoms with E-state index in [1.807, 2.05) is 45.7 Å². The van der Waals surface area contributed by atoms with Crippen molar-refractivity contribution in [3.63, 3.8) is 0 Å². The third-order valence-electron chi connectivity index (χ3n) is 13.4. The van der Waals surface area contributed by atoms with Crippen molar-refractivity contribution >= 4 is 47.2 Å². The van der Waals surface area contributed by atoms with Gasteiger partial charge in [-0.1, -0.05) is 66.2 Å². The van der Waals surface area contributed by atoms with Crippen molar-refractivity contribution < 1.29 is 78.2 Å². The second kappa shape index (κ2) is 41.1. The molecule has 3 amide bonds. The van der Waals surface area contributed by atoms with Gasteiger partial charge in [0.2, 0.25) is 17.7 Å². The minimum absolute atomic E-state index is 0.0764. The molecule has 1 heterocycles. The summed E-state index contributed by atoms with van der Waals surface area (Å²) < 4.78 is 35.5. The Hall–Kier alpha value is -1.98. The van der Waals surface area contributed by atoms with Crippen molar-refractivity contribution in [2.45, 2.75) is 190 Å². The van der Waals surface area contributed by atoms with E-state index in [2.05, 4.69) is 21.3 Å². The fourth-order valence-corrected chi connectivity index (χ4v) is 10.6. The Labute approximate surface area is 454 Å². The number of nitrogens with one attached hydrogen (secondary N) is 4. The summed E-state index contributed by atoms with van der Waals surface area (Å²) >= 11 is 3.53. The average Bonchev–Trinajstić information content (AvgIpc) is 3.68. The van der Waals surface area contributed by atoms with Gasteiger partial charge >= 0.3 is 5.97 Å². The maximum atomic E-state index is 13.9. The lowest BCUT2D eigenvalue weighted by Gasteiger charge is -2.41. The highest BCUT2D eigenvalue weighted by Gasteiger charge is 2.45. The van der Waals surface area contributed by atoms with Crippen molar-refractivity contribution in [1.82, 2.24) is 21.3 Å². The lowest BCUT2D eigenvalue weighted by molar-refractivity contribution is -0.316. The van der Waals surface area contributed by atoms with Gasteiger partial charge in [0.05, 0.1) is 44.7 Å². The molecule has 75 heavy (non-hydrogen) atoms. The molecule has 22 nitrogen and oxygen atoms in total. The standard InChI is InChI=1S/C51H98N6O16S2/c1-6-14-34(49(66)56-19-22-75-37-16-12-10-11-13-17-37)24-35(50(67)55-18-21-74-5)23-33(9-4)48(65)57-28-39(59)40(30-68-20-8-3)72-44(26-53)69-32-42-45(62)46(63)47(64)51(73-42)70-31-41(38(58)25-52)71-36(15-7-2)27-54-29-43(60)61/h33-42,44-47,51,54,58-59,62-64H,6-32,52-53H2,1-5H3,(H,55,67)(H,56,66)(H,57,65)(H,60,61). The molecule has 0 spiro atoms. The number of hydrogen-bond acceptors (Lipinski definition) is 20. The summed E-state index contributed by atoms with van der Waals surface area (Å²) in [5.41, 5.74) is 11.8. The van der Waals surface area contributed by atoms with Crippen LogP contribution in [0.2, 0.25) is 0 Å². The molecule has 0 aromatic carbocycles. The number of thioether (sulfide) groups is 2. The van der Waals surface area contributed by atoms with Crippen molar-refractivity contribution in [2.75, 3.05) is 90.0 Å². The minimum Gasteiger partial charge on any atom is -0.480 e. The zero-order chi connectivity index (χ0) is 55.5. The van der Waals surface area contributed by atoms with Crippen LogP contribution in [-0.4, -0.2) is 217 Å². The smallest absolute Gasteiger partial charge is 0.317 e. The molecular weight excluding hydrogens is 1020 g/mol. The van der Waals surface area contributed by atoms with Crippen LogP contribution in [0.25, 0.3) is 0 Å². The zero-order valence-electron chi connectivity index (χ0n) is 45.5. The Bertz CT molecular complexity index is 1530. The molecular formula is C51H98N6O16S2. The quantitative estimate of drug-likeness (QED) is 0.0229. The number of ether oxygens (including phenoxy) is 6. The summed E-state index contributed by atoms with van der Waals surface area (Å²) in [5.74, 6) is -1.81. The molecule has 0 radical (unpaired) electrons. The number of aliphatic hydroxyl groups excluding tert-OH is 5. The van der Waals surface area contributed by atoms with Crippen LogP contribution in [0.5, 0.6) is 0 Å². The number of carboxylic acids is 1. The highest BCUT2D eigenvalue weighted by atomic mass is 32.2. The first-order chi connectivity index (χ1) is 36.1. The zero-order valence-corrected chi connectivity index (χ0v) is 47.1. The number of rotatable bonds is 43. The van der Waals surface area contributed by atoms with E-state index >= 15 is 0 Å². The third-order valence-corrected chi connectivity index (χ3v) is 15.4. The number of aliphatic carboxylic acids is 1. The van der Waals surface area contributed by atoms with Crippen LogP contribution < -0.4 is 32.7 Å². The van der Waals surface area contributed by atoms with Crippen LogP contribution >= 0.6 is 23.5 Å². The molecule has 2 rings (SSSR count). The molecule has 1 saturated heterocycles. The van der Waals surface area contributed by atoms with Crippen LogP contribution in [0.4, 0.5) is 0 Å². The second-order valence-electron chi connectivity index (χ2n) is 19.6. The van der Waals surface area contributed by atoms with Crippen LogP contribution in [0.1, 0.15) is 118 Å². The Balaban J connectivity index is 2.12. The molecule has 0 aromatic heterocycles. The Morgan fingerprint density at radius 1 is 0.720 bits per heavy atom. The van der Waals surface area contributed by atoms with E-state index in [4.69, 9.17) is 45.0 Å². The highest BCUT2D eigenvalue weighted by Crippen LogP contribution is 2.29. The second-order valence-corrected chi connectivity index (χ2v) is 22.0. The number of carboxylic acid groups (broad SMARTS) is 1. The molecule has 1 saturated carbocycles. The van der Waals surface area contributed by atoms with E-state index in [0.29, 0.717) is 69.2 Å². The van der Waals surface area contributed by atoms with Gasteiger partial charge in [-0.15, -0.1) is 0 Å². The lowest BCUT2D eigenvalue weighted by Crippen LogP contribution is -2.60. The number of carbonyl (C=O) groups is 4. The number of amides is 3. The SMILES string of the molecule is CCCOCC(OC(CN)OCC1OC(OCC(OC(CCC)CNCC(=O)O)C(O)CN)C(O)C(O)C1O)C(O)CNC(=O)C(CC)CC(CC(CCC)C(=O)NCCSC1CCCCCC1)C(=O)NCCSC. The van der Waals surface area contributed by atoms with Crippen LogP contribution in [0, 0.1) is 17.8 Å². The Morgan fingerprint density at radius 3 is 1.97 bits per heavy atom. The maximum absolute atomic E-state index is 13.9. The number of hydrogen-bond donors (Lipinski definition) is 12. The molecule has 1 aliphatic heterocycles. The van der Waals surface area contributed by atoms with Crippen LogP contribution in [0.3, 0.4) is 0 Å². The van der Waals surface area contributed by atoms with Gasteiger partial charge in [-0.2, -0.15) is 23.5 Å². The van der Waals surface area contributed by atoms with E-state index in [9.17, 15) is 44.7 Å².